The number of rotatable bonds is 5. The van der Waals surface area contributed by atoms with E-state index in [0.717, 1.165) is 6.42 Å². The van der Waals surface area contributed by atoms with Crippen molar-refractivity contribution in [1.29, 1.82) is 0 Å². The number of anilines is 1. The van der Waals surface area contributed by atoms with Crippen molar-refractivity contribution in [2.75, 3.05) is 31.2 Å². The Morgan fingerprint density at radius 3 is 3.10 bits per heavy atom. The lowest BCUT2D eigenvalue weighted by atomic mass is 10.1. The van der Waals surface area contributed by atoms with E-state index in [4.69, 9.17) is 10.5 Å². The molecule has 0 aromatic heterocycles. The lowest BCUT2D eigenvalue weighted by molar-refractivity contribution is -0.124. The summed E-state index contributed by atoms with van der Waals surface area (Å²) in [4.78, 5) is 14.2. The smallest absolute Gasteiger partial charge is 0.245 e. The molecule has 1 aromatic carbocycles. The third-order valence-corrected chi connectivity index (χ3v) is 3.59. The summed E-state index contributed by atoms with van der Waals surface area (Å²) in [6.45, 7) is 4.07. The fourth-order valence-electron chi connectivity index (χ4n) is 2.49. The van der Waals surface area contributed by atoms with Crippen LogP contribution in [0, 0.1) is 5.82 Å². The van der Waals surface area contributed by atoms with E-state index in [-0.39, 0.29) is 18.3 Å². The Morgan fingerprint density at radius 2 is 2.38 bits per heavy atom. The van der Waals surface area contributed by atoms with E-state index in [9.17, 15) is 9.18 Å². The number of hydrogen-bond donors (Lipinski definition) is 2. The number of nitrogens with zero attached hydrogens (tertiary/aromatic N) is 1. The van der Waals surface area contributed by atoms with E-state index in [0.29, 0.717) is 37.6 Å². The van der Waals surface area contributed by atoms with Crippen LogP contribution in [0.2, 0.25) is 0 Å². The third-order valence-electron chi connectivity index (χ3n) is 3.59. The molecule has 1 saturated heterocycles. The molecule has 1 aromatic rings. The molecule has 116 valence electrons. The molecule has 0 saturated carbocycles. The molecule has 1 fully saturated rings. The Hall–Kier alpha value is -1.66. The molecule has 0 aliphatic carbocycles. The van der Waals surface area contributed by atoms with Gasteiger partial charge in [0.25, 0.3) is 0 Å². The van der Waals surface area contributed by atoms with E-state index in [1.54, 1.807) is 12.1 Å². The number of carbonyl (C=O) groups excluding carboxylic acids is 1. The summed E-state index contributed by atoms with van der Waals surface area (Å²) in [5.74, 6) is -0.432. The maximum absolute atomic E-state index is 13.9. The Morgan fingerprint density at radius 1 is 1.57 bits per heavy atom. The van der Waals surface area contributed by atoms with Crippen LogP contribution in [0.25, 0.3) is 0 Å². The molecular weight excluding hydrogens is 273 g/mol. The number of halogens is 1. The zero-order valence-electron chi connectivity index (χ0n) is 12.3. The molecule has 1 unspecified atom stereocenters. The average molecular weight is 295 g/mol. The van der Waals surface area contributed by atoms with Gasteiger partial charge in [0.2, 0.25) is 5.91 Å². The minimum atomic E-state index is -0.447. The van der Waals surface area contributed by atoms with Gasteiger partial charge in [-0.25, -0.2) is 4.39 Å². The molecule has 1 atom stereocenters. The van der Waals surface area contributed by atoms with Gasteiger partial charge < -0.3 is 20.7 Å². The number of hydrogen-bond acceptors (Lipinski definition) is 4. The summed E-state index contributed by atoms with van der Waals surface area (Å²) in [6.07, 6.45) is 0.868. The minimum absolute atomic E-state index is 0.0937. The van der Waals surface area contributed by atoms with Crippen LogP contribution in [0.5, 0.6) is 0 Å². The van der Waals surface area contributed by atoms with Crippen LogP contribution in [0.3, 0.4) is 0 Å². The molecule has 0 radical (unpaired) electrons. The van der Waals surface area contributed by atoms with Gasteiger partial charge in [0, 0.05) is 30.9 Å². The molecule has 6 heteroatoms. The van der Waals surface area contributed by atoms with Crippen LogP contribution in [0.1, 0.15) is 18.9 Å². The second-order valence-electron chi connectivity index (χ2n) is 5.02. The summed E-state index contributed by atoms with van der Waals surface area (Å²) in [7, 11) is 0. The van der Waals surface area contributed by atoms with Gasteiger partial charge in [0.1, 0.15) is 11.9 Å². The van der Waals surface area contributed by atoms with Crippen molar-refractivity contribution >= 4 is 11.6 Å². The standard InChI is InChI=1S/C15H22FN3O2/c1-2-6-18-15(20)14-10-21-8-7-19(14)13-5-3-4-12(16)11(13)9-17/h3-5,14H,2,6-10,17H2,1H3,(H,18,20). The second kappa shape index (κ2) is 7.38. The van der Waals surface area contributed by atoms with Crippen LogP contribution in [0.4, 0.5) is 10.1 Å². The van der Waals surface area contributed by atoms with Gasteiger partial charge in [-0.1, -0.05) is 13.0 Å². The van der Waals surface area contributed by atoms with Crippen molar-refractivity contribution in [3.8, 4) is 0 Å². The summed E-state index contributed by atoms with van der Waals surface area (Å²) in [5, 5.41) is 2.87. The maximum Gasteiger partial charge on any atom is 0.245 e. The van der Waals surface area contributed by atoms with Gasteiger partial charge in [-0.05, 0) is 18.6 Å². The zero-order valence-corrected chi connectivity index (χ0v) is 12.3. The summed E-state index contributed by atoms with van der Waals surface area (Å²) in [6, 6.07) is 4.38. The monoisotopic (exact) mass is 295 g/mol. The van der Waals surface area contributed by atoms with E-state index >= 15 is 0 Å². The number of amides is 1. The summed E-state index contributed by atoms with van der Waals surface area (Å²) >= 11 is 0. The average Bonchev–Trinajstić information content (AvgIpc) is 2.52. The fourth-order valence-corrected chi connectivity index (χ4v) is 2.49. The first-order valence-electron chi connectivity index (χ1n) is 7.28. The molecule has 1 heterocycles. The first-order valence-corrected chi connectivity index (χ1v) is 7.28. The van der Waals surface area contributed by atoms with Crippen LogP contribution < -0.4 is 16.0 Å². The second-order valence-corrected chi connectivity index (χ2v) is 5.02. The third kappa shape index (κ3) is 3.51. The number of nitrogens with two attached hydrogens (primary N) is 1. The molecule has 1 aliphatic heterocycles. The van der Waals surface area contributed by atoms with Gasteiger partial charge in [-0.15, -0.1) is 0 Å². The van der Waals surface area contributed by atoms with E-state index < -0.39 is 6.04 Å². The predicted molar refractivity (Wildman–Crippen MR) is 79.5 cm³/mol. The Labute approximate surface area is 124 Å². The summed E-state index contributed by atoms with van der Waals surface area (Å²) in [5.41, 5.74) is 6.78. The van der Waals surface area contributed by atoms with Gasteiger partial charge >= 0.3 is 0 Å². The highest BCUT2D eigenvalue weighted by Crippen LogP contribution is 2.26. The van der Waals surface area contributed by atoms with Crippen molar-refractivity contribution < 1.29 is 13.9 Å². The molecule has 1 aliphatic rings. The fraction of sp³-hybridized carbons (Fsp3) is 0.533. The molecule has 0 bridgehead atoms. The molecular formula is C15H22FN3O2. The first-order chi connectivity index (χ1) is 10.2. The molecule has 1 amide bonds. The van der Waals surface area contributed by atoms with Crippen molar-refractivity contribution in [2.24, 2.45) is 5.73 Å². The molecule has 5 nitrogen and oxygen atoms in total. The van der Waals surface area contributed by atoms with Crippen molar-refractivity contribution in [3.05, 3.63) is 29.6 Å². The normalized spacial score (nSPS) is 18.6. The lowest BCUT2D eigenvalue weighted by Gasteiger charge is -2.37. The van der Waals surface area contributed by atoms with Gasteiger partial charge in [-0.2, -0.15) is 0 Å². The molecule has 0 spiro atoms. The van der Waals surface area contributed by atoms with Crippen molar-refractivity contribution in [2.45, 2.75) is 25.9 Å². The van der Waals surface area contributed by atoms with Crippen LogP contribution >= 0.6 is 0 Å². The number of benzene rings is 1. The van der Waals surface area contributed by atoms with E-state index in [2.05, 4.69) is 5.32 Å². The number of ether oxygens (including phenoxy) is 1. The Balaban J connectivity index is 2.26. The lowest BCUT2D eigenvalue weighted by Crippen LogP contribution is -2.54. The Bertz CT molecular complexity index is 496. The number of morpholine rings is 1. The van der Waals surface area contributed by atoms with E-state index in [1.165, 1.54) is 6.07 Å². The molecule has 21 heavy (non-hydrogen) atoms. The van der Waals surface area contributed by atoms with Crippen LogP contribution in [-0.2, 0) is 16.1 Å². The highest BCUT2D eigenvalue weighted by molar-refractivity contribution is 5.86. The topological polar surface area (TPSA) is 67.6 Å². The van der Waals surface area contributed by atoms with Crippen molar-refractivity contribution in [1.82, 2.24) is 5.32 Å². The minimum Gasteiger partial charge on any atom is -0.377 e. The zero-order chi connectivity index (χ0) is 15.2. The highest BCUT2D eigenvalue weighted by Gasteiger charge is 2.31. The largest absolute Gasteiger partial charge is 0.377 e. The first kappa shape index (κ1) is 15.7. The maximum atomic E-state index is 13.9. The van der Waals surface area contributed by atoms with Crippen LogP contribution in [0.15, 0.2) is 18.2 Å². The number of nitrogens with one attached hydrogen (secondary N) is 1. The highest BCUT2D eigenvalue weighted by atomic mass is 19.1. The molecule has 3 N–H and O–H groups in total. The molecule has 2 rings (SSSR count). The quantitative estimate of drug-likeness (QED) is 0.851. The SMILES string of the molecule is CCCNC(=O)C1COCCN1c1cccc(F)c1CN. The van der Waals surface area contributed by atoms with Crippen molar-refractivity contribution in [3.63, 3.8) is 0 Å². The van der Waals surface area contributed by atoms with Crippen LogP contribution in [-0.4, -0.2) is 38.3 Å². The Kier molecular flexibility index (Phi) is 5.52. The van der Waals surface area contributed by atoms with Gasteiger partial charge in [0.15, 0.2) is 0 Å². The van der Waals surface area contributed by atoms with Gasteiger partial charge in [-0.3, -0.25) is 4.79 Å². The van der Waals surface area contributed by atoms with E-state index in [1.807, 2.05) is 11.8 Å². The summed E-state index contributed by atoms with van der Waals surface area (Å²) < 4.78 is 19.3. The predicted octanol–water partition coefficient (Wildman–Crippen LogP) is 1.02. The van der Waals surface area contributed by atoms with Gasteiger partial charge in [0.05, 0.1) is 13.2 Å². The number of carbonyl (C=O) groups is 1.